The molecule has 7 nitrogen and oxygen atoms in total. The number of unbranched alkanes of at least 4 members (excludes halogenated alkanes) is 1. The first-order valence-electron chi connectivity index (χ1n) is 9.63. The number of rotatable bonds is 9. The van der Waals surface area contributed by atoms with Crippen LogP contribution < -0.4 is 16.2 Å². The average Bonchev–Trinajstić information content (AvgIpc) is 2.96. The van der Waals surface area contributed by atoms with E-state index in [9.17, 15) is 4.79 Å². The average molecular weight is 373 g/mol. The molecule has 0 aliphatic carbocycles. The molecule has 0 saturated heterocycles. The van der Waals surface area contributed by atoms with Crippen molar-refractivity contribution in [1.82, 2.24) is 25.0 Å². The Kier molecular flexibility index (Phi) is 8.10. The van der Waals surface area contributed by atoms with Crippen LogP contribution in [-0.2, 0) is 13.1 Å². The molecule has 0 aromatic carbocycles. The number of nitrogens with one attached hydrogen (secondary N) is 2. The number of nitrogens with zero attached hydrogens (tertiary/aromatic N) is 4. The van der Waals surface area contributed by atoms with Crippen LogP contribution in [0.1, 0.15) is 36.3 Å². The van der Waals surface area contributed by atoms with Crippen molar-refractivity contribution < 1.29 is 0 Å². The zero-order valence-electron chi connectivity index (χ0n) is 17.0. The molecule has 2 rings (SSSR count). The van der Waals surface area contributed by atoms with Gasteiger partial charge in [0.2, 0.25) is 0 Å². The monoisotopic (exact) mass is 372 g/mol. The number of hydrogen-bond donors (Lipinski definition) is 2. The topological polar surface area (TPSA) is 76.2 Å². The Bertz CT molecular complexity index is 805. The van der Waals surface area contributed by atoms with Gasteiger partial charge in [0, 0.05) is 50.7 Å². The van der Waals surface area contributed by atoms with Gasteiger partial charge in [0.05, 0.1) is 5.69 Å². The molecule has 27 heavy (non-hydrogen) atoms. The van der Waals surface area contributed by atoms with Crippen molar-refractivity contribution in [3.63, 3.8) is 0 Å². The minimum atomic E-state index is 0.0723. The molecule has 148 valence electrons. The summed E-state index contributed by atoms with van der Waals surface area (Å²) in [6.07, 6.45) is 2.92. The lowest BCUT2D eigenvalue weighted by molar-refractivity contribution is 0.552. The molecule has 2 heterocycles. The van der Waals surface area contributed by atoms with E-state index in [1.54, 1.807) is 19.2 Å². The fourth-order valence-electron chi connectivity index (χ4n) is 3.07. The first kappa shape index (κ1) is 20.7. The molecular weight excluding hydrogens is 340 g/mol. The predicted molar refractivity (Wildman–Crippen MR) is 110 cm³/mol. The quantitative estimate of drug-likeness (QED) is 0.401. The predicted octanol–water partition coefficient (Wildman–Crippen LogP) is 2.01. The molecule has 0 atom stereocenters. The normalized spacial score (nSPS) is 11.6. The van der Waals surface area contributed by atoms with E-state index < -0.39 is 0 Å². The van der Waals surface area contributed by atoms with Crippen LogP contribution in [-0.4, -0.2) is 40.4 Å². The van der Waals surface area contributed by atoms with Gasteiger partial charge in [-0.05, 0) is 52.2 Å². The molecule has 0 radical (unpaired) electrons. The van der Waals surface area contributed by atoms with Crippen LogP contribution in [0.3, 0.4) is 0 Å². The van der Waals surface area contributed by atoms with E-state index in [2.05, 4.69) is 33.7 Å². The lowest BCUT2D eigenvalue weighted by atomic mass is 10.3. The minimum absolute atomic E-state index is 0.0723. The maximum absolute atomic E-state index is 11.8. The molecule has 7 heteroatoms. The van der Waals surface area contributed by atoms with E-state index in [1.807, 2.05) is 29.2 Å². The van der Waals surface area contributed by atoms with Crippen molar-refractivity contribution in [2.75, 3.05) is 20.1 Å². The van der Waals surface area contributed by atoms with E-state index in [0.717, 1.165) is 62.8 Å². The van der Waals surface area contributed by atoms with Gasteiger partial charge in [-0.25, -0.2) is 0 Å². The summed E-state index contributed by atoms with van der Waals surface area (Å²) >= 11 is 0. The minimum Gasteiger partial charge on any atom is -0.356 e. The molecule has 2 aromatic rings. The zero-order chi connectivity index (χ0) is 19.6. The number of aliphatic imine (C=N–C) groups is 1. The molecule has 0 bridgehead atoms. The summed E-state index contributed by atoms with van der Waals surface area (Å²) in [7, 11) is 1.78. The maximum atomic E-state index is 11.8. The van der Waals surface area contributed by atoms with Crippen LogP contribution in [0, 0.1) is 20.8 Å². The van der Waals surface area contributed by atoms with Gasteiger partial charge in [0.15, 0.2) is 5.96 Å². The van der Waals surface area contributed by atoms with E-state index in [0.29, 0.717) is 0 Å². The maximum Gasteiger partial charge on any atom is 0.250 e. The molecule has 0 saturated carbocycles. The Morgan fingerprint density at radius 2 is 1.78 bits per heavy atom. The zero-order valence-corrected chi connectivity index (χ0v) is 17.0. The number of pyridine rings is 1. The summed E-state index contributed by atoms with van der Waals surface area (Å²) in [5, 5.41) is 11.1. The third-order valence-corrected chi connectivity index (χ3v) is 4.54. The molecule has 2 N–H and O–H groups in total. The van der Waals surface area contributed by atoms with Crippen LogP contribution in [0.4, 0.5) is 0 Å². The van der Waals surface area contributed by atoms with Gasteiger partial charge in [-0.1, -0.05) is 6.07 Å². The first-order valence-corrected chi connectivity index (χ1v) is 9.63. The van der Waals surface area contributed by atoms with Gasteiger partial charge in [0.1, 0.15) is 0 Å². The number of hydrogen-bond acceptors (Lipinski definition) is 3. The molecular formula is C20H32N6O. The molecule has 0 spiro atoms. The number of aryl methyl sites for hydroxylation is 4. The summed E-state index contributed by atoms with van der Waals surface area (Å²) in [6, 6.07) is 7.49. The van der Waals surface area contributed by atoms with Crippen molar-refractivity contribution >= 4 is 5.96 Å². The highest BCUT2D eigenvalue weighted by atomic mass is 16.1. The highest BCUT2D eigenvalue weighted by Crippen LogP contribution is 2.02. The SMILES string of the molecule is CN=C(NCCCCn1c(C)cccc1=O)NCCCn1nc(C)cc1C. The van der Waals surface area contributed by atoms with Crippen molar-refractivity contribution in [3.8, 4) is 0 Å². The summed E-state index contributed by atoms with van der Waals surface area (Å²) in [6.45, 7) is 9.39. The van der Waals surface area contributed by atoms with Gasteiger partial charge in [-0.3, -0.25) is 14.5 Å². The fraction of sp³-hybridized carbons (Fsp3) is 0.550. The number of guanidine groups is 1. The largest absolute Gasteiger partial charge is 0.356 e. The molecule has 0 aliphatic heterocycles. The standard InChI is InChI=1S/C20H32N6O/c1-16-15-18(3)26(24-16)14-8-12-23-20(21-4)22-11-5-6-13-25-17(2)9-7-10-19(25)27/h7,9-10,15H,5-6,8,11-14H2,1-4H3,(H2,21,22,23). The highest BCUT2D eigenvalue weighted by molar-refractivity contribution is 5.79. The van der Waals surface area contributed by atoms with Crippen molar-refractivity contribution in [3.05, 3.63) is 51.7 Å². The third kappa shape index (κ3) is 6.58. The number of aromatic nitrogens is 3. The first-order chi connectivity index (χ1) is 13.0. The van der Waals surface area contributed by atoms with Gasteiger partial charge in [0.25, 0.3) is 5.56 Å². The van der Waals surface area contributed by atoms with Gasteiger partial charge in [-0.15, -0.1) is 0 Å². The van der Waals surface area contributed by atoms with Crippen molar-refractivity contribution in [1.29, 1.82) is 0 Å². The van der Waals surface area contributed by atoms with Gasteiger partial charge >= 0.3 is 0 Å². The molecule has 2 aromatic heterocycles. The third-order valence-electron chi connectivity index (χ3n) is 4.54. The van der Waals surface area contributed by atoms with E-state index in [-0.39, 0.29) is 5.56 Å². The van der Waals surface area contributed by atoms with Crippen LogP contribution >= 0.6 is 0 Å². The Hall–Kier alpha value is -2.57. The van der Waals surface area contributed by atoms with Gasteiger partial charge in [-0.2, -0.15) is 5.10 Å². The Morgan fingerprint density at radius 1 is 1.04 bits per heavy atom. The Labute approximate surface area is 161 Å². The smallest absolute Gasteiger partial charge is 0.250 e. The van der Waals surface area contributed by atoms with E-state index >= 15 is 0 Å². The second kappa shape index (κ2) is 10.5. The lowest BCUT2D eigenvalue weighted by Crippen LogP contribution is -2.38. The van der Waals surface area contributed by atoms with Gasteiger partial charge < -0.3 is 15.2 Å². The summed E-state index contributed by atoms with van der Waals surface area (Å²) in [5.41, 5.74) is 3.34. The van der Waals surface area contributed by atoms with Crippen molar-refractivity contribution in [2.24, 2.45) is 4.99 Å². The summed E-state index contributed by atoms with van der Waals surface area (Å²) in [5.74, 6) is 0.816. The summed E-state index contributed by atoms with van der Waals surface area (Å²) in [4.78, 5) is 16.1. The Morgan fingerprint density at radius 3 is 2.41 bits per heavy atom. The van der Waals surface area contributed by atoms with Crippen LogP contribution in [0.5, 0.6) is 0 Å². The molecule has 0 aliphatic rings. The molecule has 0 unspecified atom stereocenters. The molecule has 0 fully saturated rings. The highest BCUT2D eigenvalue weighted by Gasteiger charge is 2.02. The molecule has 0 amide bonds. The second-order valence-corrected chi connectivity index (χ2v) is 6.79. The van der Waals surface area contributed by atoms with Crippen molar-refractivity contribution in [2.45, 2.75) is 53.1 Å². The van der Waals surface area contributed by atoms with Crippen LogP contribution in [0.2, 0.25) is 0 Å². The second-order valence-electron chi connectivity index (χ2n) is 6.79. The van der Waals surface area contributed by atoms with E-state index in [4.69, 9.17) is 0 Å². The summed E-state index contributed by atoms with van der Waals surface area (Å²) < 4.78 is 3.87. The Balaban J connectivity index is 1.61. The van der Waals surface area contributed by atoms with E-state index in [1.165, 1.54) is 5.69 Å². The van der Waals surface area contributed by atoms with Crippen LogP contribution in [0.15, 0.2) is 34.1 Å². The lowest BCUT2D eigenvalue weighted by Gasteiger charge is -2.13. The van der Waals surface area contributed by atoms with Crippen LogP contribution in [0.25, 0.3) is 0 Å². The fourth-order valence-corrected chi connectivity index (χ4v) is 3.07.